The molecular formula is C23H21BrF2N2O3. The maximum atomic E-state index is 14.0. The van der Waals surface area contributed by atoms with Crippen molar-refractivity contribution in [3.05, 3.63) is 85.7 Å². The lowest BCUT2D eigenvalue weighted by Gasteiger charge is -2.16. The van der Waals surface area contributed by atoms with Crippen molar-refractivity contribution in [1.29, 1.82) is 0 Å². The first-order valence-electron chi connectivity index (χ1n) is 9.57. The highest BCUT2D eigenvalue weighted by Gasteiger charge is 2.19. The van der Waals surface area contributed by atoms with E-state index >= 15 is 0 Å². The number of ether oxygens (including phenoxy) is 1. The largest absolute Gasteiger partial charge is 0.487 e. The first-order valence-corrected chi connectivity index (χ1v) is 10.4. The molecule has 31 heavy (non-hydrogen) atoms. The van der Waals surface area contributed by atoms with Crippen LogP contribution in [0.2, 0.25) is 0 Å². The van der Waals surface area contributed by atoms with Crippen molar-refractivity contribution < 1.29 is 18.3 Å². The van der Waals surface area contributed by atoms with Gasteiger partial charge in [0.1, 0.15) is 28.5 Å². The number of amides is 1. The first kappa shape index (κ1) is 22.7. The van der Waals surface area contributed by atoms with Crippen LogP contribution in [0.15, 0.2) is 51.7 Å². The van der Waals surface area contributed by atoms with Gasteiger partial charge in [0, 0.05) is 34.5 Å². The fraction of sp³-hybridized carbons (Fsp3) is 0.217. The molecule has 1 heterocycles. The molecule has 0 bridgehead atoms. The Kier molecular flexibility index (Phi) is 6.90. The number of rotatable bonds is 6. The lowest BCUT2D eigenvalue weighted by molar-refractivity contribution is 0.0943. The number of halogens is 3. The van der Waals surface area contributed by atoms with E-state index in [1.807, 2.05) is 13.8 Å². The summed E-state index contributed by atoms with van der Waals surface area (Å²) in [6.07, 6.45) is 0. The second-order valence-electron chi connectivity index (χ2n) is 7.33. The number of carbonyl (C=O) groups is 1. The van der Waals surface area contributed by atoms with Crippen molar-refractivity contribution in [2.75, 3.05) is 0 Å². The first-order chi connectivity index (χ1) is 14.7. The smallest absolute Gasteiger partial charge is 0.266 e. The van der Waals surface area contributed by atoms with Crippen molar-refractivity contribution in [3.63, 3.8) is 0 Å². The van der Waals surface area contributed by atoms with E-state index in [-0.39, 0.29) is 34.3 Å². The Labute approximate surface area is 186 Å². The second kappa shape index (κ2) is 9.43. The third-order valence-electron chi connectivity index (χ3n) is 4.54. The topological polar surface area (TPSA) is 71.2 Å². The van der Waals surface area contributed by atoms with Crippen LogP contribution in [0, 0.1) is 18.6 Å². The van der Waals surface area contributed by atoms with Gasteiger partial charge in [-0.2, -0.15) is 0 Å². The molecule has 0 spiro atoms. The van der Waals surface area contributed by atoms with E-state index in [1.54, 1.807) is 31.2 Å². The summed E-state index contributed by atoms with van der Waals surface area (Å²) in [7, 11) is 0. The van der Waals surface area contributed by atoms with Crippen molar-refractivity contribution in [1.82, 2.24) is 10.3 Å². The molecule has 8 heteroatoms. The number of H-pyrrole nitrogens is 1. The normalized spacial score (nSPS) is 10.9. The molecule has 0 unspecified atom stereocenters. The number of hydrogen-bond donors (Lipinski definition) is 2. The molecule has 0 aliphatic heterocycles. The summed E-state index contributed by atoms with van der Waals surface area (Å²) in [6, 6.07) is 10.1. The van der Waals surface area contributed by atoms with E-state index in [1.165, 1.54) is 6.07 Å². The Morgan fingerprint density at radius 2 is 1.84 bits per heavy atom. The van der Waals surface area contributed by atoms with Gasteiger partial charge in [0.25, 0.3) is 11.5 Å². The summed E-state index contributed by atoms with van der Waals surface area (Å²) < 4.78 is 33.1. The van der Waals surface area contributed by atoms with Gasteiger partial charge in [-0.3, -0.25) is 9.59 Å². The molecule has 2 aromatic carbocycles. The summed E-state index contributed by atoms with van der Waals surface area (Å²) in [5.74, 6) is -1.38. The lowest BCUT2D eigenvalue weighted by Crippen LogP contribution is -2.29. The zero-order valence-electron chi connectivity index (χ0n) is 17.2. The highest BCUT2D eigenvalue weighted by Crippen LogP contribution is 2.37. The molecule has 162 valence electrons. The fourth-order valence-electron chi connectivity index (χ4n) is 3.08. The standard InChI is InChI=1S/C23H21BrF2N2O3/c1-12(2)27-22(29)15-6-4-14(5-7-15)19-13(3)28-23(30)20(24)21(19)31-11-16-8-9-17(25)10-18(16)26/h4-10,12H,11H2,1-3H3,(H,27,29)(H,28,30). The van der Waals surface area contributed by atoms with Crippen LogP contribution in [-0.4, -0.2) is 16.9 Å². The number of carbonyl (C=O) groups excluding carboxylic acids is 1. The highest BCUT2D eigenvalue weighted by atomic mass is 79.9. The van der Waals surface area contributed by atoms with Gasteiger partial charge in [0.05, 0.1) is 0 Å². The van der Waals surface area contributed by atoms with Gasteiger partial charge in [-0.25, -0.2) is 8.78 Å². The Balaban J connectivity index is 1.98. The third kappa shape index (κ3) is 5.19. The van der Waals surface area contributed by atoms with Crippen LogP contribution in [0.25, 0.3) is 11.1 Å². The number of aromatic nitrogens is 1. The Bertz CT molecular complexity index is 1170. The molecule has 3 rings (SSSR count). The maximum absolute atomic E-state index is 14.0. The third-order valence-corrected chi connectivity index (χ3v) is 5.26. The van der Waals surface area contributed by atoms with E-state index in [2.05, 4.69) is 26.2 Å². The Morgan fingerprint density at radius 1 is 1.16 bits per heavy atom. The van der Waals surface area contributed by atoms with Crippen LogP contribution >= 0.6 is 15.9 Å². The van der Waals surface area contributed by atoms with E-state index < -0.39 is 17.2 Å². The summed E-state index contributed by atoms with van der Waals surface area (Å²) in [6.45, 7) is 5.27. The number of hydrogen-bond acceptors (Lipinski definition) is 3. The number of aromatic amines is 1. The molecule has 2 N–H and O–H groups in total. The summed E-state index contributed by atoms with van der Waals surface area (Å²) in [5.41, 5.74) is 2.08. The van der Waals surface area contributed by atoms with Crippen LogP contribution in [0.3, 0.4) is 0 Å². The van der Waals surface area contributed by atoms with Crippen LogP contribution in [0.5, 0.6) is 5.75 Å². The average Bonchev–Trinajstić information content (AvgIpc) is 2.70. The van der Waals surface area contributed by atoms with Gasteiger partial charge in [-0.15, -0.1) is 0 Å². The van der Waals surface area contributed by atoms with Crippen LogP contribution in [-0.2, 0) is 6.61 Å². The monoisotopic (exact) mass is 490 g/mol. The van der Waals surface area contributed by atoms with Gasteiger partial charge in [-0.1, -0.05) is 12.1 Å². The molecule has 0 radical (unpaired) electrons. The van der Waals surface area contributed by atoms with E-state index in [0.717, 1.165) is 12.1 Å². The zero-order valence-corrected chi connectivity index (χ0v) is 18.8. The highest BCUT2D eigenvalue weighted by molar-refractivity contribution is 9.10. The number of nitrogens with one attached hydrogen (secondary N) is 2. The van der Waals surface area contributed by atoms with Gasteiger partial charge in [0.2, 0.25) is 0 Å². The SMILES string of the molecule is Cc1[nH]c(=O)c(Br)c(OCc2ccc(F)cc2F)c1-c1ccc(C(=O)NC(C)C)cc1. The minimum absolute atomic E-state index is 0.0106. The summed E-state index contributed by atoms with van der Waals surface area (Å²) in [5, 5.41) is 2.82. The molecular weight excluding hydrogens is 470 g/mol. The molecule has 3 aromatic rings. The number of benzene rings is 2. The summed E-state index contributed by atoms with van der Waals surface area (Å²) >= 11 is 3.24. The number of aryl methyl sites for hydroxylation is 1. The van der Waals surface area contributed by atoms with Crippen molar-refractivity contribution in [2.24, 2.45) is 0 Å². The van der Waals surface area contributed by atoms with Crippen LogP contribution in [0.4, 0.5) is 8.78 Å². The number of pyridine rings is 1. The predicted octanol–water partition coefficient (Wildman–Crippen LogP) is 5.11. The second-order valence-corrected chi connectivity index (χ2v) is 8.12. The van der Waals surface area contributed by atoms with E-state index in [4.69, 9.17) is 4.74 Å². The minimum atomic E-state index is -0.736. The van der Waals surface area contributed by atoms with E-state index in [9.17, 15) is 18.4 Å². The zero-order chi connectivity index (χ0) is 22.7. The Morgan fingerprint density at radius 3 is 2.45 bits per heavy atom. The average molecular weight is 491 g/mol. The quantitative estimate of drug-likeness (QED) is 0.504. The van der Waals surface area contributed by atoms with E-state index in [0.29, 0.717) is 22.4 Å². The predicted molar refractivity (Wildman–Crippen MR) is 118 cm³/mol. The Hall–Kier alpha value is -3.00. The van der Waals surface area contributed by atoms with Gasteiger partial charge < -0.3 is 15.0 Å². The van der Waals surface area contributed by atoms with Crippen LogP contribution < -0.4 is 15.6 Å². The van der Waals surface area contributed by atoms with Crippen LogP contribution in [0.1, 0.15) is 35.5 Å². The van der Waals surface area contributed by atoms with Crippen molar-refractivity contribution >= 4 is 21.8 Å². The molecule has 0 aliphatic rings. The minimum Gasteiger partial charge on any atom is -0.487 e. The van der Waals surface area contributed by atoms with Crippen molar-refractivity contribution in [2.45, 2.75) is 33.4 Å². The van der Waals surface area contributed by atoms with Crippen molar-refractivity contribution in [3.8, 4) is 16.9 Å². The summed E-state index contributed by atoms with van der Waals surface area (Å²) in [4.78, 5) is 27.2. The maximum Gasteiger partial charge on any atom is 0.266 e. The molecule has 5 nitrogen and oxygen atoms in total. The molecule has 0 saturated carbocycles. The van der Waals surface area contributed by atoms with Gasteiger partial charge in [0.15, 0.2) is 0 Å². The molecule has 0 saturated heterocycles. The molecule has 0 fully saturated rings. The lowest BCUT2D eigenvalue weighted by atomic mass is 10.0. The van der Waals surface area contributed by atoms with Gasteiger partial charge >= 0.3 is 0 Å². The molecule has 1 aromatic heterocycles. The molecule has 0 atom stereocenters. The molecule has 1 amide bonds. The molecule has 0 aliphatic carbocycles. The van der Waals surface area contributed by atoms with Gasteiger partial charge in [-0.05, 0) is 66.5 Å². The fourth-order valence-corrected chi connectivity index (χ4v) is 3.49.